The zero-order valence-corrected chi connectivity index (χ0v) is 13.4. The van der Waals surface area contributed by atoms with E-state index in [9.17, 15) is 14.4 Å². The first kappa shape index (κ1) is 17.5. The lowest BCUT2D eigenvalue weighted by molar-refractivity contribution is -0.175. The third-order valence-electron chi connectivity index (χ3n) is 4.49. The molecule has 0 aliphatic carbocycles. The highest BCUT2D eigenvalue weighted by atomic mass is 16.6. The van der Waals surface area contributed by atoms with Gasteiger partial charge in [0.15, 0.2) is 0 Å². The first-order valence-electron chi connectivity index (χ1n) is 7.09. The van der Waals surface area contributed by atoms with Crippen molar-refractivity contribution in [2.75, 3.05) is 13.2 Å². The molecule has 0 aromatic rings. The second kappa shape index (κ2) is 6.45. The van der Waals surface area contributed by atoms with Gasteiger partial charge in [0.2, 0.25) is 0 Å². The fourth-order valence-corrected chi connectivity index (χ4v) is 2.69. The minimum Gasteiger partial charge on any atom is -0.466 e. The number of hydrogen-bond donors (Lipinski definition) is 0. The monoisotopic (exact) mass is 300 g/mol. The van der Waals surface area contributed by atoms with E-state index >= 15 is 0 Å². The average molecular weight is 300 g/mol. The summed E-state index contributed by atoms with van der Waals surface area (Å²) in [6.07, 6.45) is 0.772. The largest absolute Gasteiger partial charge is 0.466 e. The lowest BCUT2D eigenvalue weighted by Gasteiger charge is -2.44. The molecule has 6 nitrogen and oxygen atoms in total. The molecule has 1 aliphatic heterocycles. The van der Waals surface area contributed by atoms with Gasteiger partial charge in [0.05, 0.1) is 13.0 Å². The molecule has 21 heavy (non-hydrogen) atoms. The molecule has 1 heterocycles. The second-order valence-electron chi connectivity index (χ2n) is 6.12. The van der Waals surface area contributed by atoms with Gasteiger partial charge in [0.1, 0.15) is 12.2 Å². The lowest BCUT2D eigenvalue weighted by Crippen LogP contribution is -2.51. The van der Waals surface area contributed by atoms with Crippen LogP contribution in [0.1, 0.15) is 47.5 Å². The SMILES string of the molecule is CC(=O)OCCC(C)(COC(C)=O)[C@@]1(C)OC(=O)C[C@H]1C. The number of carbonyl (C=O) groups is 3. The van der Waals surface area contributed by atoms with Crippen molar-refractivity contribution in [1.82, 2.24) is 0 Å². The first-order chi connectivity index (χ1) is 9.60. The van der Waals surface area contributed by atoms with Crippen molar-refractivity contribution in [3.05, 3.63) is 0 Å². The summed E-state index contributed by atoms with van der Waals surface area (Å²) in [6, 6.07) is 0. The predicted octanol–water partition coefficient (Wildman–Crippen LogP) is 1.85. The van der Waals surface area contributed by atoms with Crippen LogP contribution in [0.4, 0.5) is 0 Å². The van der Waals surface area contributed by atoms with Gasteiger partial charge in [-0.3, -0.25) is 14.4 Å². The Bertz CT molecular complexity index is 432. The number of ether oxygens (including phenoxy) is 3. The van der Waals surface area contributed by atoms with Crippen LogP contribution >= 0.6 is 0 Å². The van der Waals surface area contributed by atoms with Gasteiger partial charge in [-0.1, -0.05) is 13.8 Å². The maximum absolute atomic E-state index is 11.6. The number of cyclic esters (lactones) is 1. The third kappa shape index (κ3) is 3.95. The van der Waals surface area contributed by atoms with Gasteiger partial charge >= 0.3 is 17.9 Å². The number of hydrogen-bond acceptors (Lipinski definition) is 6. The van der Waals surface area contributed by atoms with Crippen molar-refractivity contribution in [2.45, 2.75) is 53.1 Å². The van der Waals surface area contributed by atoms with Crippen molar-refractivity contribution in [1.29, 1.82) is 0 Å². The van der Waals surface area contributed by atoms with E-state index in [0.717, 1.165) is 0 Å². The number of carbonyl (C=O) groups excluding carboxylic acids is 3. The van der Waals surface area contributed by atoms with Gasteiger partial charge in [-0.25, -0.2) is 0 Å². The fourth-order valence-electron chi connectivity index (χ4n) is 2.69. The zero-order chi connectivity index (χ0) is 16.3. The molecular weight excluding hydrogens is 276 g/mol. The normalized spacial score (nSPS) is 27.7. The Hall–Kier alpha value is -1.59. The van der Waals surface area contributed by atoms with Crippen LogP contribution in [0.3, 0.4) is 0 Å². The second-order valence-corrected chi connectivity index (χ2v) is 6.12. The molecule has 1 rings (SSSR count). The quantitative estimate of drug-likeness (QED) is 0.550. The molecule has 0 bridgehead atoms. The highest BCUT2D eigenvalue weighted by Gasteiger charge is 2.55. The molecule has 1 saturated heterocycles. The summed E-state index contributed by atoms with van der Waals surface area (Å²) in [5.41, 5.74) is -1.39. The summed E-state index contributed by atoms with van der Waals surface area (Å²) in [5, 5.41) is 0. The van der Waals surface area contributed by atoms with Crippen molar-refractivity contribution < 1.29 is 28.6 Å². The maximum atomic E-state index is 11.6. The molecule has 1 unspecified atom stereocenters. The molecule has 1 fully saturated rings. The topological polar surface area (TPSA) is 78.9 Å². The Morgan fingerprint density at radius 2 is 1.90 bits per heavy atom. The van der Waals surface area contributed by atoms with Crippen LogP contribution in [-0.4, -0.2) is 36.7 Å². The van der Waals surface area contributed by atoms with Gasteiger partial charge in [0.25, 0.3) is 0 Å². The minimum atomic E-state index is -0.764. The Labute approximate surface area is 125 Å². The summed E-state index contributed by atoms with van der Waals surface area (Å²) >= 11 is 0. The van der Waals surface area contributed by atoms with Gasteiger partial charge in [0, 0.05) is 25.2 Å². The summed E-state index contributed by atoms with van der Waals surface area (Å²) < 4.78 is 15.7. The summed E-state index contributed by atoms with van der Waals surface area (Å²) in [4.78, 5) is 33.7. The maximum Gasteiger partial charge on any atom is 0.306 e. The average Bonchev–Trinajstić information content (AvgIpc) is 2.61. The third-order valence-corrected chi connectivity index (χ3v) is 4.49. The number of rotatable bonds is 6. The molecular formula is C15H24O6. The van der Waals surface area contributed by atoms with Crippen LogP contribution in [0.25, 0.3) is 0 Å². The van der Waals surface area contributed by atoms with Crippen LogP contribution in [-0.2, 0) is 28.6 Å². The molecule has 0 amide bonds. The van der Waals surface area contributed by atoms with E-state index in [1.54, 1.807) is 0 Å². The van der Waals surface area contributed by atoms with Crippen LogP contribution in [0, 0.1) is 11.3 Å². The van der Waals surface area contributed by atoms with Crippen molar-refractivity contribution >= 4 is 17.9 Å². The molecule has 0 N–H and O–H groups in total. The van der Waals surface area contributed by atoms with Crippen molar-refractivity contribution in [2.24, 2.45) is 11.3 Å². The molecule has 0 aromatic carbocycles. The van der Waals surface area contributed by atoms with Gasteiger partial charge in [-0.2, -0.15) is 0 Å². The van der Waals surface area contributed by atoms with E-state index in [1.165, 1.54) is 13.8 Å². The molecule has 1 aliphatic rings. The number of esters is 3. The van der Waals surface area contributed by atoms with E-state index in [-0.39, 0.29) is 31.1 Å². The van der Waals surface area contributed by atoms with E-state index in [4.69, 9.17) is 14.2 Å². The Balaban J connectivity index is 2.91. The molecule has 0 radical (unpaired) electrons. The van der Waals surface area contributed by atoms with Gasteiger partial charge in [-0.15, -0.1) is 0 Å². The Kier molecular flexibility index (Phi) is 5.36. The van der Waals surface area contributed by atoms with E-state index < -0.39 is 17.0 Å². The van der Waals surface area contributed by atoms with Gasteiger partial charge < -0.3 is 14.2 Å². The van der Waals surface area contributed by atoms with Gasteiger partial charge in [-0.05, 0) is 13.3 Å². The highest BCUT2D eigenvalue weighted by Crippen LogP contribution is 2.48. The van der Waals surface area contributed by atoms with E-state index in [1.807, 2.05) is 20.8 Å². The lowest BCUT2D eigenvalue weighted by atomic mass is 9.67. The molecule has 3 atom stereocenters. The van der Waals surface area contributed by atoms with E-state index in [2.05, 4.69) is 0 Å². The highest BCUT2D eigenvalue weighted by molar-refractivity contribution is 5.73. The van der Waals surface area contributed by atoms with Crippen LogP contribution in [0.2, 0.25) is 0 Å². The minimum absolute atomic E-state index is 0.0112. The molecule has 0 spiro atoms. The summed E-state index contributed by atoms with van der Waals surface area (Å²) in [5.74, 6) is -1.03. The molecule has 0 saturated carbocycles. The predicted molar refractivity (Wildman–Crippen MR) is 74.3 cm³/mol. The molecule has 120 valence electrons. The standard InChI is InChI=1S/C15H24O6/c1-10-8-13(18)21-15(10,5)14(4,9-20-12(3)17)6-7-19-11(2)16/h10H,6-9H2,1-5H3/t10-,14?,15+/m1/s1. The first-order valence-corrected chi connectivity index (χ1v) is 7.09. The fraction of sp³-hybridized carbons (Fsp3) is 0.800. The van der Waals surface area contributed by atoms with Crippen LogP contribution in [0.5, 0.6) is 0 Å². The Morgan fingerprint density at radius 3 is 2.33 bits per heavy atom. The molecule has 6 heteroatoms. The summed E-state index contributed by atoms with van der Waals surface area (Å²) in [6.45, 7) is 8.63. The van der Waals surface area contributed by atoms with Crippen LogP contribution < -0.4 is 0 Å². The van der Waals surface area contributed by atoms with Crippen molar-refractivity contribution in [3.8, 4) is 0 Å². The molecule has 0 aromatic heterocycles. The van der Waals surface area contributed by atoms with Crippen molar-refractivity contribution in [3.63, 3.8) is 0 Å². The van der Waals surface area contributed by atoms with E-state index in [0.29, 0.717) is 12.8 Å². The smallest absolute Gasteiger partial charge is 0.306 e. The Morgan fingerprint density at radius 1 is 1.33 bits per heavy atom. The summed E-state index contributed by atoms with van der Waals surface area (Å²) in [7, 11) is 0. The van der Waals surface area contributed by atoms with Crippen LogP contribution in [0.15, 0.2) is 0 Å². The zero-order valence-electron chi connectivity index (χ0n) is 13.4.